The maximum atomic E-state index is 5.66. The van der Waals surface area contributed by atoms with Crippen LogP contribution in [0.3, 0.4) is 0 Å². The third kappa shape index (κ3) is 4.44. The zero-order valence-electron chi connectivity index (χ0n) is 13.6. The zero-order valence-corrected chi connectivity index (χ0v) is 13.6. The number of hydrogen-bond donors (Lipinski definition) is 1. The van der Waals surface area contributed by atoms with Gasteiger partial charge in [-0.15, -0.1) is 0 Å². The second-order valence-electron chi connectivity index (χ2n) is 5.84. The van der Waals surface area contributed by atoms with Gasteiger partial charge in [0.1, 0.15) is 0 Å². The average Bonchev–Trinajstić information content (AvgIpc) is 2.93. The van der Waals surface area contributed by atoms with E-state index in [0.717, 1.165) is 37.9 Å². The standard InChI is InChI=1S/C15H27N5O/c1-5-8-16-13-17-14(19-15(18-13)21-11(3)4)20-9-7-12(6-2)10-20/h11-12H,5-10H2,1-4H3,(H,16,17,18,19). The quantitative estimate of drug-likeness (QED) is 0.834. The Balaban J connectivity index is 2.18. The molecule has 1 aromatic rings. The topological polar surface area (TPSA) is 63.2 Å². The largest absolute Gasteiger partial charge is 0.461 e. The minimum Gasteiger partial charge on any atom is -0.461 e. The number of aromatic nitrogens is 3. The Hall–Kier alpha value is -1.59. The van der Waals surface area contributed by atoms with Crippen molar-refractivity contribution in [1.82, 2.24) is 15.0 Å². The highest BCUT2D eigenvalue weighted by Crippen LogP contribution is 2.24. The molecule has 21 heavy (non-hydrogen) atoms. The van der Waals surface area contributed by atoms with Crippen LogP contribution in [0.4, 0.5) is 11.9 Å². The Morgan fingerprint density at radius 2 is 2.10 bits per heavy atom. The lowest BCUT2D eigenvalue weighted by Gasteiger charge is -2.18. The minimum absolute atomic E-state index is 0.0567. The third-order valence-electron chi connectivity index (χ3n) is 3.62. The van der Waals surface area contributed by atoms with Crippen molar-refractivity contribution in [2.45, 2.75) is 53.1 Å². The molecule has 2 rings (SSSR count). The Bertz CT molecular complexity index is 452. The van der Waals surface area contributed by atoms with Crippen molar-refractivity contribution in [3.63, 3.8) is 0 Å². The zero-order chi connectivity index (χ0) is 15.2. The molecule has 1 aliphatic heterocycles. The Morgan fingerprint density at radius 1 is 1.29 bits per heavy atom. The summed E-state index contributed by atoms with van der Waals surface area (Å²) in [7, 11) is 0. The first-order valence-electron chi connectivity index (χ1n) is 8.03. The molecule has 0 radical (unpaired) electrons. The van der Waals surface area contributed by atoms with E-state index in [9.17, 15) is 0 Å². The van der Waals surface area contributed by atoms with Crippen molar-refractivity contribution in [3.05, 3.63) is 0 Å². The van der Waals surface area contributed by atoms with E-state index in [4.69, 9.17) is 4.74 Å². The predicted octanol–water partition coefficient (Wildman–Crippen LogP) is 2.72. The molecule has 0 amide bonds. The van der Waals surface area contributed by atoms with E-state index < -0.39 is 0 Å². The SMILES string of the molecule is CCCNc1nc(OC(C)C)nc(N2CCC(CC)C2)n1. The highest BCUT2D eigenvalue weighted by molar-refractivity contribution is 5.39. The monoisotopic (exact) mass is 293 g/mol. The molecule has 0 spiro atoms. The lowest BCUT2D eigenvalue weighted by atomic mass is 10.1. The van der Waals surface area contributed by atoms with Crippen LogP contribution in [0, 0.1) is 5.92 Å². The van der Waals surface area contributed by atoms with Crippen LogP contribution in [0.1, 0.15) is 47.0 Å². The first-order valence-corrected chi connectivity index (χ1v) is 8.03. The van der Waals surface area contributed by atoms with Gasteiger partial charge in [-0.25, -0.2) is 0 Å². The molecule has 6 nitrogen and oxygen atoms in total. The molecule has 0 aromatic carbocycles. The fourth-order valence-electron chi connectivity index (χ4n) is 2.41. The average molecular weight is 293 g/mol. The number of rotatable bonds is 7. The van der Waals surface area contributed by atoms with Gasteiger partial charge in [0.25, 0.3) is 0 Å². The Morgan fingerprint density at radius 3 is 2.71 bits per heavy atom. The van der Waals surface area contributed by atoms with E-state index in [1.165, 1.54) is 12.8 Å². The fourth-order valence-corrected chi connectivity index (χ4v) is 2.41. The summed E-state index contributed by atoms with van der Waals surface area (Å²) in [5.41, 5.74) is 0. The molecular weight excluding hydrogens is 266 g/mol. The molecular formula is C15H27N5O. The minimum atomic E-state index is 0.0567. The maximum Gasteiger partial charge on any atom is 0.323 e. The van der Waals surface area contributed by atoms with Gasteiger partial charge in [-0.05, 0) is 32.6 Å². The molecule has 6 heteroatoms. The summed E-state index contributed by atoms with van der Waals surface area (Å²) in [6.07, 6.45) is 3.50. The van der Waals surface area contributed by atoms with Crippen molar-refractivity contribution in [2.24, 2.45) is 5.92 Å². The van der Waals surface area contributed by atoms with E-state index >= 15 is 0 Å². The first-order chi connectivity index (χ1) is 10.1. The summed E-state index contributed by atoms with van der Waals surface area (Å²) < 4.78 is 5.66. The molecule has 2 heterocycles. The molecule has 1 aliphatic rings. The van der Waals surface area contributed by atoms with E-state index in [1.807, 2.05) is 13.8 Å². The summed E-state index contributed by atoms with van der Waals surface area (Å²) in [4.78, 5) is 15.6. The number of ether oxygens (including phenoxy) is 1. The molecule has 0 aliphatic carbocycles. The number of anilines is 2. The molecule has 1 atom stereocenters. The number of nitrogens with one attached hydrogen (secondary N) is 1. The van der Waals surface area contributed by atoms with E-state index in [-0.39, 0.29) is 6.10 Å². The van der Waals surface area contributed by atoms with E-state index in [0.29, 0.717) is 12.0 Å². The lowest BCUT2D eigenvalue weighted by Crippen LogP contribution is -2.24. The second-order valence-corrected chi connectivity index (χ2v) is 5.84. The highest BCUT2D eigenvalue weighted by atomic mass is 16.5. The van der Waals surface area contributed by atoms with Crippen LogP contribution in [0.15, 0.2) is 0 Å². The van der Waals surface area contributed by atoms with Gasteiger partial charge in [0.05, 0.1) is 6.10 Å². The Labute approximate surface area is 127 Å². The molecule has 1 aromatic heterocycles. The van der Waals surface area contributed by atoms with Crippen LogP contribution in [0.5, 0.6) is 6.01 Å². The van der Waals surface area contributed by atoms with Crippen molar-refractivity contribution in [2.75, 3.05) is 29.9 Å². The smallest absolute Gasteiger partial charge is 0.323 e. The van der Waals surface area contributed by atoms with Gasteiger partial charge >= 0.3 is 6.01 Å². The summed E-state index contributed by atoms with van der Waals surface area (Å²) in [6, 6.07) is 0.411. The van der Waals surface area contributed by atoms with E-state index in [1.54, 1.807) is 0 Å². The van der Waals surface area contributed by atoms with Crippen LogP contribution < -0.4 is 15.0 Å². The molecule has 0 bridgehead atoms. The molecule has 0 saturated carbocycles. The van der Waals surface area contributed by atoms with Crippen molar-refractivity contribution in [1.29, 1.82) is 0 Å². The van der Waals surface area contributed by atoms with Gasteiger partial charge in [0, 0.05) is 19.6 Å². The van der Waals surface area contributed by atoms with Crippen LogP contribution in [0.25, 0.3) is 0 Å². The van der Waals surface area contributed by atoms with E-state index in [2.05, 4.69) is 39.0 Å². The molecule has 1 saturated heterocycles. The lowest BCUT2D eigenvalue weighted by molar-refractivity contribution is 0.222. The molecule has 1 fully saturated rings. The maximum absolute atomic E-state index is 5.66. The molecule has 1 N–H and O–H groups in total. The normalized spacial score (nSPS) is 18.3. The van der Waals surface area contributed by atoms with Crippen molar-refractivity contribution in [3.8, 4) is 6.01 Å². The van der Waals surface area contributed by atoms with Gasteiger partial charge < -0.3 is 15.0 Å². The highest BCUT2D eigenvalue weighted by Gasteiger charge is 2.24. The van der Waals surface area contributed by atoms with Crippen LogP contribution in [-0.2, 0) is 0 Å². The van der Waals surface area contributed by atoms with Gasteiger partial charge in [0.2, 0.25) is 11.9 Å². The van der Waals surface area contributed by atoms with Gasteiger partial charge in [-0.1, -0.05) is 20.3 Å². The summed E-state index contributed by atoms with van der Waals surface area (Å²) in [6.45, 7) is 11.2. The third-order valence-corrected chi connectivity index (χ3v) is 3.62. The number of hydrogen-bond acceptors (Lipinski definition) is 6. The van der Waals surface area contributed by atoms with Crippen LogP contribution in [-0.4, -0.2) is 40.7 Å². The fraction of sp³-hybridized carbons (Fsp3) is 0.800. The number of nitrogens with zero attached hydrogens (tertiary/aromatic N) is 4. The summed E-state index contributed by atoms with van der Waals surface area (Å²) in [5, 5.41) is 3.23. The van der Waals surface area contributed by atoms with Crippen LogP contribution in [0.2, 0.25) is 0 Å². The van der Waals surface area contributed by atoms with Crippen molar-refractivity contribution < 1.29 is 4.74 Å². The van der Waals surface area contributed by atoms with Gasteiger partial charge in [0.15, 0.2) is 0 Å². The van der Waals surface area contributed by atoms with Crippen molar-refractivity contribution >= 4 is 11.9 Å². The van der Waals surface area contributed by atoms with Gasteiger partial charge in [-0.3, -0.25) is 0 Å². The molecule has 1 unspecified atom stereocenters. The molecule has 118 valence electrons. The predicted molar refractivity (Wildman–Crippen MR) is 85.0 cm³/mol. The van der Waals surface area contributed by atoms with Crippen LogP contribution >= 0.6 is 0 Å². The summed E-state index contributed by atoms with van der Waals surface area (Å²) >= 11 is 0. The Kier molecular flexibility index (Phi) is 5.59. The summed E-state index contributed by atoms with van der Waals surface area (Å²) in [5.74, 6) is 2.08. The first kappa shape index (κ1) is 15.8. The van der Waals surface area contributed by atoms with Gasteiger partial charge in [-0.2, -0.15) is 15.0 Å². The second kappa shape index (κ2) is 7.43.